The predicted octanol–water partition coefficient (Wildman–Crippen LogP) is 0.839. The smallest absolute Gasteiger partial charge is 0.253 e. The van der Waals surface area contributed by atoms with Crippen LogP contribution in [-0.2, 0) is 28.8 Å². The third-order valence-electron chi connectivity index (χ3n) is 4.56. The second-order valence-corrected chi connectivity index (χ2v) is 6.80. The number of imide groups is 2. The van der Waals surface area contributed by atoms with Crippen LogP contribution in [0.2, 0.25) is 0 Å². The Bertz CT molecular complexity index is 610. The lowest BCUT2D eigenvalue weighted by Crippen LogP contribution is -2.35. The van der Waals surface area contributed by atoms with Crippen LogP contribution in [0.1, 0.15) is 57.8 Å². The van der Waals surface area contributed by atoms with E-state index in [4.69, 9.17) is 4.84 Å². The minimum absolute atomic E-state index is 0.0851. The molecule has 28 heavy (non-hydrogen) atoms. The van der Waals surface area contributed by atoms with E-state index >= 15 is 0 Å². The number of carbonyl (C=O) groups is 5. The molecule has 2 aliphatic rings. The van der Waals surface area contributed by atoms with E-state index in [2.05, 4.69) is 5.32 Å². The number of hydrogen-bond acceptors (Lipinski definition) is 6. The van der Waals surface area contributed by atoms with Crippen molar-refractivity contribution in [1.29, 1.82) is 0 Å². The van der Waals surface area contributed by atoms with Crippen LogP contribution in [-0.4, -0.2) is 59.2 Å². The molecule has 0 atom stereocenters. The molecule has 0 radical (unpaired) electrons. The van der Waals surface area contributed by atoms with Crippen LogP contribution in [0.5, 0.6) is 0 Å². The molecule has 0 spiro atoms. The van der Waals surface area contributed by atoms with Gasteiger partial charge in [0.25, 0.3) is 23.6 Å². The number of hydrogen-bond donors (Lipinski definition) is 1. The largest absolute Gasteiger partial charge is 0.356 e. The Morgan fingerprint density at radius 2 is 1.54 bits per heavy atom. The van der Waals surface area contributed by atoms with E-state index in [0.29, 0.717) is 26.0 Å². The summed E-state index contributed by atoms with van der Waals surface area (Å²) in [6, 6.07) is 0. The van der Waals surface area contributed by atoms with Gasteiger partial charge in [0.15, 0.2) is 0 Å². The first-order valence-corrected chi connectivity index (χ1v) is 9.78. The van der Waals surface area contributed by atoms with Crippen LogP contribution in [0.25, 0.3) is 0 Å². The van der Waals surface area contributed by atoms with Crippen molar-refractivity contribution in [2.45, 2.75) is 57.8 Å². The molecule has 1 fully saturated rings. The summed E-state index contributed by atoms with van der Waals surface area (Å²) >= 11 is 0. The van der Waals surface area contributed by atoms with Crippen LogP contribution in [0.3, 0.4) is 0 Å². The van der Waals surface area contributed by atoms with Gasteiger partial charge in [-0.2, -0.15) is 5.06 Å². The van der Waals surface area contributed by atoms with Gasteiger partial charge in [0.05, 0.1) is 6.61 Å². The zero-order valence-corrected chi connectivity index (χ0v) is 16.0. The van der Waals surface area contributed by atoms with Gasteiger partial charge in [-0.05, 0) is 25.7 Å². The van der Waals surface area contributed by atoms with Crippen molar-refractivity contribution in [2.24, 2.45) is 0 Å². The topological polar surface area (TPSA) is 113 Å². The number of rotatable bonds is 11. The molecule has 9 heteroatoms. The molecule has 9 nitrogen and oxygen atoms in total. The van der Waals surface area contributed by atoms with Crippen LogP contribution < -0.4 is 5.32 Å². The quantitative estimate of drug-likeness (QED) is 0.411. The Morgan fingerprint density at radius 1 is 0.929 bits per heavy atom. The first-order chi connectivity index (χ1) is 13.5. The number of hydroxylamine groups is 2. The van der Waals surface area contributed by atoms with Gasteiger partial charge < -0.3 is 5.32 Å². The van der Waals surface area contributed by atoms with Crippen LogP contribution in [0.15, 0.2) is 12.2 Å². The van der Waals surface area contributed by atoms with Crippen molar-refractivity contribution >= 4 is 29.5 Å². The maximum atomic E-state index is 11.8. The fourth-order valence-corrected chi connectivity index (χ4v) is 2.96. The molecule has 5 amide bonds. The summed E-state index contributed by atoms with van der Waals surface area (Å²) in [5, 5.41) is 3.68. The standard InChI is InChI=1S/C19H27N3O6/c23-15(11-13-21-16(24)9-10-17(21)25)20-12-5-1-2-6-14-28-22-18(26)7-3-4-8-19(22)27/h9-10H,1-8,11-14H2,(H,20,23). The fraction of sp³-hybridized carbons (Fsp3) is 0.632. The fourth-order valence-electron chi connectivity index (χ4n) is 2.96. The molecule has 0 aromatic rings. The molecule has 0 saturated carbocycles. The number of carbonyl (C=O) groups excluding carboxylic acids is 5. The van der Waals surface area contributed by atoms with Crippen molar-refractivity contribution in [3.8, 4) is 0 Å². The Kier molecular flexibility index (Phi) is 8.80. The molecule has 0 aromatic heterocycles. The van der Waals surface area contributed by atoms with Crippen molar-refractivity contribution in [3.63, 3.8) is 0 Å². The lowest BCUT2D eigenvalue weighted by atomic mass is 10.2. The third-order valence-corrected chi connectivity index (χ3v) is 4.56. The maximum absolute atomic E-state index is 11.8. The first kappa shape index (κ1) is 21.7. The van der Waals surface area contributed by atoms with E-state index in [1.165, 1.54) is 12.2 Å². The molecule has 154 valence electrons. The summed E-state index contributed by atoms with van der Waals surface area (Å²) in [6.07, 6.45) is 7.86. The van der Waals surface area contributed by atoms with Crippen LogP contribution in [0, 0.1) is 0 Å². The van der Waals surface area contributed by atoms with E-state index in [9.17, 15) is 24.0 Å². The van der Waals surface area contributed by atoms with Crippen LogP contribution in [0.4, 0.5) is 0 Å². The number of nitrogens with one attached hydrogen (secondary N) is 1. The van der Waals surface area contributed by atoms with E-state index in [0.717, 1.165) is 48.5 Å². The molecule has 0 aromatic carbocycles. The molecular weight excluding hydrogens is 366 g/mol. The van der Waals surface area contributed by atoms with Gasteiger partial charge >= 0.3 is 0 Å². The molecular formula is C19H27N3O6. The number of amides is 5. The lowest BCUT2D eigenvalue weighted by molar-refractivity contribution is -0.194. The van der Waals surface area contributed by atoms with E-state index < -0.39 is 0 Å². The highest BCUT2D eigenvalue weighted by Gasteiger charge is 2.25. The highest BCUT2D eigenvalue weighted by Crippen LogP contribution is 2.13. The summed E-state index contributed by atoms with van der Waals surface area (Å²) < 4.78 is 0. The van der Waals surface area contributed by atoms with Crippen molar-refractivity contribution < 1.29 is 28.8 Å². The van der Waals surface area contributed by atoms with Crippen molar-refractivity contribution in [2.75, 3.05) is 19.7 Å². The summed E-state index contributed by atoms with van der Waals surface area (Å²) in [5.41, 5.74) is 0. The Hall–Kier alpha value is -2.55. The Labute approximate surface area is 164 Å². The molecule has 2 aliphatic heterocycles. The number of unbranched alkanes of at least 4 members (excludes halogenated alkanes) is 3. The molecule has 0 aliphatic carbocycles. The second kappa shape index (κ2) is 11.3. The lowest BCUT2D eigenvalue weighted by Gasteiger charge is -2.17. The van der Waals surface area contributed by atoms with Gasteiger partial charge in [-0.3, -0.25) is 33.7 Å². The zero-order chi connectivity index (χ0) is 20.4. The highest BCUT2D eigenvalue weighted by molar-refractivity contribution is 6.13. The van der Waals surface area contributed by atoms with E-state index in [-0.39, 0.29) is 42.5 Å². The average Bonchev–Trinajstić information content (AvgIpc) is 2.90. The maximum Gasteiger partial charge on any atom is 0.253 e. The van der Waals surface area contributed by atoms with Gasteiger partial charge in [0, 0.05) is 44.5 Å². The monoisotopic (exact) mass is 393 g/mol. The SMILES string of the molecule is O=C(CCN1C(=O)C=CC1=O)NCCCCCCON1C(=O)CCCCC1=O. The summed E-state index contributed by atoms with van der Waals surface area (Å²) in [5.74, 6) is -1.50. The molecule has 1 saturated heterocycles. The molecule has 1 N–H and O–H groups in total. The molecule has 0 unspecified atom stereocenters. The average molecular weight is 393 g/mol. The third kappa shape index (κ3) is 6.88. The van der Waals surface area contributed by atoms with E-state index in [1.807, 2.05) is 0 Å². The molecule has 2 heterocycles. The highest BCUT2D eigenvalue weighted by atomic mass is 16.7. The molecule has 0 bridgehead atoms. The minimum Gasteiger partial charge on any atom is -0.356 e. The second-order valence-electron chi connectivity index (χ2n) is 6.80. The summed E-state index contributed by atoms with van der Waals surface area (Å²) in [4.78, 5) is 64.4. The van der Waals surface area contributed by atoms with Crippen LogP contribution >= 0.6 is 0 Å². The minimum atomic E-state index is -0.386. The Morgan fingerprint density at radius 3 is 2.18 bits per heavy atom. The van der Waals surface area contributed by atoms with Gasteiger partial charge in [-0.15, -0.1) is 0 Å². The number of nitrogens with zero attached hydrogens (tertiary/aromatic N) is 2. The first-order valence-electron chi connectivity index (χ1n) is 9.78. The van der Waals surface area contributed by atoms with E-state index in [1.54, 1.807) is 0 Å². The van der Waals surface area contributed by atoms with Gasteiger partial charge in [0.2, 0.25) is 5.91 Å². The predicted molar refractivity (Wildman–Crippen MR) is 98.2 cm³/mol. The van der Waals surface area contributed by atoms with Gasteiger partial charge in [-0.1, -0.05) is 12.8 Å². The normalized spacial score (nSPS) is 17.4. The summed E-state index contributed by atoms with van der Waals surface area (Å²) in [7, 11) is 0. The Balaban J connectivity index is 1.46. The van der Waals surface area contributed by atoms with Crippen molar-refractivity contribution in [3.05, 3.63) is 12.2 Å². The van der Waals surface area contributed by atoms with Crippen molar-refractivity contribution in [1.82, 2.24) is 15.3 Å². The van der Waals surface area contributed by atoms with Gasteiger partial charge in [-0.25, -0.2) is 0 Å². The zero-order valence-electron chi connectivity index (χ0n) is 16.0. The molecule has 2 rings (SSSR count). The summed E-state index contributed by atoms with van der Waals surface area (Å²) in [6.45, 7) is 0.917. The van der Waals surface area contributed by atoms with Gasteiger partial charge in [0.1, 0.15) is 0 Å².